The maximum atomic E-state index is 14.0. The minimum atomic E-state index is -1.09. The number of hydrogen-bond donors (Lipinski definition) is 3. The lowest BCUT2D eigenvalue weighted by atomic mass is 9.86. The number of nitrogens with two attached hydrogens (primary N) is 1. The lowest BCUT2D eigenvalue weighted by Crippen LogP contribution is -2.55. The first-order valence-corrected chi connectivity index (χ1v) is 10.2. The van der Waals surface area contributed by atoms with E-state index < -0.39 is 35.0 Å². The Hall–Kier alpha value is -3.66. The van der Waals surface area contributed by atoms with Crippen LogP contribution in [0, 0.1) is 17.0 Å². The van der Waals surface area contributed by atoms with E-state index in [4.69, 9.17) is 5.73 Å². The molecular weight excluding hydrogens is 432 g/mol. The van der Waals surface area contributed by atoms with Crippen LogP contribution in [0.1, 0.15) is 36.8 Å². The summed E-state index contributed by atoms with van der Waals surface area (Å²) >= 11 is 0. The molecule has 0 fully saturated rings. The van der Waals surface area contributed by atoms with Gasteiger partial charge < -0.3 is 11.1 Å². The molecule has 33 heavy (non-hydrogen) atoms. The smallest absolute Gasteiger partial charge is 0.273 e. The van der Waals surface area contributed by atoms with Crippen LogP contribution >= 0.6 is 0 Å². The minimum absolute atomic E-state index is 0.0844. The van der Waals surface area contributed by atoms with Crippen LogP contribution in [-0.4, -0.2) is 40.1 Å². The Morgan fingerprint density at radius 1 is 1.06 bits per heavy atom. The van der Waals surface area contributed by atoms with Crippen molar-refractivity contribution in [1.82, 2.24) is 20.4 Å². The van der Waals surface area contributed by atoms with Crippen molar-refractivity contribution in [2.45, 2.75) is 33.4 Å². The largest absolute Gasteiger partial charge is 0.338 e. The Balaban J connectivity index is 1.96. The first-order chi connectivity index (χ1) is 15.5. The molecular formula is C23H25F2N5O3. The van der Waals surface area contributed by atoms with Crippen LogP contribution in [0.2, 0.25) is 0 Å². The summed E-state index contributed by atoms with van der Waals surface area (Å²) in [6.45, 7) is 4.98. The number of imide groups is 1. The second kappa shape index (κ2) is 9.45. The van der Waals surface area contributed by atoms with Gasteiger partial charge in [-0.2, -0.15) is 5.10 Å². The van der Waals surface area contributed by atoms with E-state index in [1.165, 1.54) is 35.0 Å². The van der Waals surface area contributed by atoms with Gasteiger partial charge in [0.2, 0.25) is 11.8 Å². The zero-order valence-electron chi connectivity index (χ0n) is 18.5. The molecule has 3 amide bonds. The van der Waals surface area contributed by atoms with Gasteiger partial charge in [0, 0.05) is 5.39 Å². The summed E-state index contributed by atoms with van der Waals surface area (Å²) in [6.07, 6.45) is 0. The number of benzene rings is 2. The standard InChI is InChI=1S/C23H25F2N5O3/c1-23(2,3)20(22(33)27-18(31)11-26)28-21(32)19-16-10-15(25)8-9-17(16)30(29-19)12-13-4-6-14(24)7-5-13/h4-10,20H,11-12,26H2,1-3H3,(H,28,32)(H,27,31,33). The quantitative estimate of drug-likeness (QED) is 0.524. The molecule has 3 rings (SSSR count). The first kappa shape index (κ1) is 24.0. The Bertz CT molecular complexity index is 1200. The van der Waals surface area contributed by atoms with Gasteiger partial charge in [0.05, 0.1) is 18.6 Å². The summed E-state index contributed by atoms with van der Waals surface area (Å²) < 4.78 is 28.7. The number of carbonyl (C=O) groups is 3. The Morgan fingerprint density at radius 2 is 1.70 bits per heavy atom. The lowest BCUT2D eigenvalue weighted by Gasteiger charge is -2.29. The molecule has 0 aliphatic heterocycles. The van der Waals surface area contributed by atoms with Crippen molar-refractivity contribution in [1.29, 1.82) is 0 Å². The highest BCUT2D eigenvalue weighted by atomic mass is 19.1. The number of aromatic nitrogens is 2. The number of halogens is 2. The molecule has 0 saturated heterocycles. The van der Waals surface area contributed by atoms with Crippen LogP contribution in [0.15, 0.2) is 42.5 Å². The second-order valence-electron chi connectivity index (χ2n) is 8.68. The number of hydrogen-bond acceptors (Lipinski definition) is 5. The Morgan fingerprint density at radius 3 is 2.30 bits per heavy atom. The van der Waals surface area contributed by atoms with Crippen LogP contribution in [0.3, 0.4) is 0 Å². The van der Waals surface area contributed by atoms with Crippen LogP contribution < -0.4 is 16.4 Å². The van der Waals surface area contributed by atoms with Crippen LogP contribution in [0.4, 0.5) is 8.78 Å². The van der Waals surface area contributed by atoms with E-state index in [2.05, 4.69) is 15.7 Å². The van der Waals surface area contributed by atoms with E-state index in [0.29, 0.717) is 5.52 Å². The van der Waals surface area contributed by atoms with Gasteiger partial charge in [-0.15, -0.1) is 0 Å². The summed E-state index contributed by atoms with van der Waals surface area (Å²) in [6, 6.07) is 8.62. The average Bonchev–Trinajstić information content (AvgIpc) is 3.09. The summed E-state index contributed by atoms with van der Waals surface area (Å²) in [5, 5.41) is 9.35. The normalized spacial score (nSPS) is 12.4. The molecule has 0 radical (unpaired) electrons. The van der Waals surface area contributed by atoms with Crippen LogP contribution in [-0.2, 0) is 16.1 Å². The lowest BCUT2D eigenvalue weighted by molar-refractivity contribution is -0.132. The van der Waals surface area contributed by atoms with Crippen molar-refractivity contribution in [3.05, 3.63) is 65.4 Å². The molecule has 8 nitrogen and oxygen atoms in total. The molecule has 1 atom stereocenters. The van der Waals surface area contributed by atoms with E-state index in [9.17, 15) is 23.2 Å². The topological polar surface area (TPSA) is 119 Å². The summed E-state index contributed by atoms with van der Waals surface area (Å²) in [5.41, 5.74) is 5.62. The van der Waals surface area contributed by atoms with Crippen molar-refractivity contribution in [2.75, 3.05) is 6.54 Å². The third kappa shape index (κ3) is 5.58. The number of nitrogens with zero attached hydrogens (tertiary/aromatic N) is 2. The maximum Gasteiger partial charge on any atom is 0.273 e. The molecule has 0 aliphatic carbocycles. The Labute approximate surface area is 189 Å². The van der Waals surface area contributed by atoms with Gasteiger partial charge in [0.25, 0.3) is 5.91 Å². The van der Waals surface area contributed by atoms with Gasteiger partial charge in [-0.3, -0.25) is 24.4 Å². The molecule has 0 bridgehead atoms. The third-order valence-electron chi connectivity index (χ3n) is 5.02. The zero-order valence-corrected chi connectivity index (χ0v) is 18.5. The highest BCUT2D eigenvalue weighted by molar-refractivity contribution is 6.07. The van der Waals surface area contributed by atoms with Gasteiger partial charge in [-0.05, 0) is 41.3 Å². The number of nitrogens with one attached hydrogen (secondary N) is 2. The number of rotatable bonds is 6. The maximum absolute atomic E-state index is 14.0. The van der Waals surface area contributed by atoms with Gasteiger partial charge in [-0.1, -0.05) is 32.9 Å². The molecule has 0 spiro atoms. The molecule has 0 aliphatic rings. The third-order valence-corrected chi connectivity index (χ3v) is 5.02. The van der Waals surface area contributed by atoms with Gasteiger partial charge in [0.15, 0.2) is 5.69 Å². The average molecular weight is 457 g/mol. The van der Waals surface area contributed by atoms with E-state index in [-0.39, 0.29) is 30.0 Å². The second-order valence-corrected chi connectivity index (χ2v) is 8.68. The van der Waals surface area contributed by atoms with Crippen molar-refractivity contribution < 1.29 is 23.2 Å². The number of carbonyl (C=O) groups excluding carboxylic acids is 3. The van der Waals surface area contributed by atoms with E-state index in [0.717, 1.165) is 5.56 Å². The van der Waals surface area contributed by atoms with Crippen molar-refractivity contribution >= 4 is 28.6 Å². The summed E-state index contributed by atoms with van der Waals surface area (Å²) in [5.74, 6) is -3.05. The van der Waals surface area contributed by atoms with Crippen molar-refractivity contribution in [3.63, 3.8) is 0 Å². The predicted molar refractivity (Wildman–Crippen MR) is 118 cm³/mol. The Kier molecular flexibility index (Phi) is 6.87. The highest BCUT2D eigenvalue weighted by Crippen LogP contribution is 2.24. The monoisotopic (exact) mass is 457 g/mol. The predicted octanol–water partition coefficient (Wildman–Crippen LogP) is 2.11. The SMILES string of the molecule is CC(C)(C)C(NC(=O)c1nn(Cc2ccc(F)cc2)c2ccc(F)cc12)C(=O)NC(=O)CN. The summed E-state index contributed by atoms with van der Waals surface area (Å²) in [4.78, 5) is 37.3. The molecule has 2 aromatic carbocycles. The molecule has 10 heteroatoms. The van der Waals surface area contributed by atoms with Gasteiger partial charge >= 0.3 is 0 Å². The summed E-state index contributed by atoms with van der Waals surface area (Å²) in [7, 11) is 0. The molecule has 174 valence electrons. The molecule has 1 aromatic heterocycles. The fourth-order valence-electron chi connectivity index (χ4n) is 3.34. The highest BCUT2D eigenvalue weighted by Gasteiger charge is 2.34. The molecule has 1 unspecified atom stereocenters. The van der Waals surface area contributed by atoms with Crippen LogP contribution in [0.5, 0.6) is 0 Å². The molecule has 1 heterocycles. The molecule has 0 saturated carbocycles. The number of amides is 3. The van der Waals surface area contributed by atoms with Crippen molar-refractivity contribution in [2.24, 2.45) is 11.1 Å². The minimum Gasteiger partial charge on any atom is -0.338 e. The van der Waals surface area contributed by atoms with E-state index in [1.54, 1.807) is 32.9 Å². The van der Waals surface area contributed by atoms with E-state index in [1.807, 2.05) is 0 Å². The zero-order chi connectivity index (χ0) is 24.3. The number of fused-ring (bicyclic) bond motifs is 1. The first-order valence-electron chi connectivity index (χ1n) is 10.2. The van der Waals surface area contributed by atoms with Gasteiger partial charge in [0.1, 0.15) is 17.7 Å². The van der Waals surface area contributed by atoms with E-state index >= 15 is 0 Å². The van der Waals surface area contributed by atoms with Gasteiger partial charge in [-0.25, -0.2) is 8.78 Å². The van der Waals surface area contributed by atoms with Crippen molar-refractivity contribution in [3.8, 4) is 0 Å². The molecule has 3 aromatic rings. The fraction of sp³-hybridized carbons (Fsp3) is 0.304. The van der Waals surface area contributed by atoms with Crippen LogP contribution in [0.25, 0.3) is 10.9 Å². The fourth-order valence-corrected chi connectivity index (χ4v) is 3.34. The molecule has 4 N–H and O–H groups in total.